The number of carbonyl (C=O) groups is 3. The first-order chi connectivity index (χ1) is 12.5. The lowest BCUT2D eigenvalue weighted by Gasteiger charge is -2.26. The maximum absolute atomic E-state index is 12.4. The number of hydrogen-bond donors (Lipinski definition) is 2. The molecule has 3 rings (SSSR count). The van der Waals surface area contributed by atoms with Crippen LogP contribution in [0.3, 0.4) is 0 Å². The average Bonchev–Trinajstić information content (AvgIpc) is 3.05. The van der Waals surface area contributed by atoms with Crippen molar-refractivity contribution in [2.75, 3.05) is 31.6 Å². The van der Waals surface area contributed by atoms with Gasteiger partial charge in [-0.15, -0.1) is 0 Å². The van der Waals surface area contributed by atoms with E-state index in [0.29, 0.717) is 43.2 Å². The number of aromatic nitrogens is 1. The van der Waals surface area contributed by atoms with Gasteiger partial charge < -0.3 is 25.3 Å². The van der Waals surface area contributed by atoms with Crippen LogP contribution in [0.5, 0.6) is 0 Å². The van der Waals surface area contributed by atoms with E-state index in [2.05, 4.69) is 5.32 Å². The molecule has 3 N–H and O–H groups in total. The van der Waals surface area contributed by atoms with Gasteiger partial charge in [0.1, 0.15) is 5.69 Å². The quantitative estimate of drug-likeness (QED) is 0.847. The van der Waals surface area contributed by atoms with Crippen LogP contribution in [0.25, 0.3) is 0 Å². The van der Waals surface area contributed by atoms with E-state index in [1.165, 1.54) is 16.8 Å². The minimum atomic E-state index is -0.592. The molecule has 2 heterocycles. The molecule has 8 heteroatoms. The molecule has 0 atom stereocenters. The van der Waals surface area contributed by atoms with Crippen molar-refractivity contribution in [3.63, 3.8) is 0 Å². The van der Waals surface area contributed by atoms with Gasteiger partial charge in [0, 0.05) is 37.6 Å². The topological polar surface area (TPSA) is 107 Å². The van der Waals surface area contributed by atoms with Gasteiger partial charge in [0.05, 0.1) is 18.8 Å². The van der Waals surface area contributed by atoms with Crippen LogP contribution in [0, 0.1) is 0 Å². The second-order valence-corrected chi connectivity index (χ2v) is 6.03. The third-order valence-corrected chi connectivity index (χ3v) is 4.21. The average molecular weight is 356 g/mol. The lowest BCUT2D eigenvalue weighted by atomic mass is 10.1. The number of hydrogen-bond acceptors (Lipinski definition) is 4. The van der Waals surface area contributed by atoms with Crippen molar-refractivity contribution in [3.8, 4) is 0 Å². The molecule has 1 aromatic carbocycles. The normalized spacial score (nSPS) is 14.1. The summed E-state index contributed by atoms with van der Waals surface area (Å²) in [6, 6.07) is 8.13. The van der Waals surface area contributed by atoms with E-state index in [1.807, 2.05) is 0 Å². The first-order valence-corrected chi connectivity index (χ1v) is 8.20. The molecule has 1 fully saturated rings. The van der Waals surface area contributed by atoms with Crippen molar-refractivity contribution in [3.05, 3.63) is 53.3 Å². The Morgan fingerprint density at radius 1 is 1.08 bits per heavy atom. The number of aryl methyl sites for hydroxylation is 1. The van der Waals surface area contributed by atoms with Gasteiger partial charge in [-0.2, -0.15) is 0 Å². The molecule has 8 nitrogen and oxygen atoms in total. The molecule has 0 bridgehead atoms. The van der Waals surface area contributed by atoms with Crippen LogP contribution in [0.2, 0.25) is 0 Å². The SMILES string of the molecule is Cn1cc(C(N)=O)cc1C(=O)Nc1ccc(C(=O)N2CCOCC2)cc1. The van der Waals surface area contributed by atoms with Crippen molar-refractivity contribution < 1.29 is 19.1 Å². The summed E-state index contributed by atoms with van der Waals surface area (Å²) in [5.41, 5.74) is 6.91. The van der Waals surface area contributed by atoms with Crippen LogP contribution in [0.4, 0.5) is 5.69 Å². The van der Waals surface area contributed by atoms with E-state index < -0.39 is 5.91 Å². The Labute approximate surface area is 150 Å². The Kier molecular flexibility index (Phi) is 5.04. The van der Waals surface area contributed by atoms with E-state index >= 15 is 0 Å². The maximum atomic E-state index is 12.4. The monoisotopic (exact) mass is 356 g/mol. The predicted molar refractivity (Wildman–Crippen MR) is 95.0 cm³/mol. The predicted octanol–water partition coefficient (Wildman–Crippen LogP) is 0.849. The number of nitrogens with one attached hydrogen (secondary N) is 1. The van der Waals surface area contributed by atoms with Gasteiger partial charge in [-0.3, -0.25) is 14.4 Å². The number of rotatable bonds is 4. The molecule has 1 saturated heterocycles. The van der Waals surface area contributed by atoms with Crippen LogP contribution in [-0.4, -0.2) is 53.5 Å². The Balaban J connectivity index is 1.68. The van der Waals surface area contributed by atoms with Crippen LogP contribution >= 0.6 is 0 Å². The van der Waals surface area contributed by atoms with Gasteiger partial charge in [0.25, 0.3) is 11.8 Å². The molecule has 0 spiro atoms. The number of anilines is 1. The molecule has 26 heavy (non-hydrogen) atoms. The molecule has 1 aliphatic rings. The highest BCUT2D eigenvalue weighted by Gasteiger charge is 2.19. The second-order valence-electron chi connectivity index (χ2n) is 6.03. The Morgan fingerprint density at radius 3 is 2.31 bits per heavy atom. The van der Waals surface area contributed by atoms with Crippen molar-refractivity contribution in [2.45, 2.75) is 0 Å². The van der Waals surface area contributed by atoms with Crippen molar-refractivity contribution in [1.29, 1.82) is 0 Å². The lowest BCUT2D eigenvalue weighted by Crippen LogP contribution is -2.40. The largest absolute Gasteiger partial charge is 0.378 e. The summed E-state index contributed by atoms with van der Waals surface area (Å²) < 4.78 is 6.78. The van der Waals surface area contributed by atoms with E-state index in [1.54, 1.807) is 36.2 Å². The molecule has 1 aromatic heterocycles. The highest BCUT2D eigenvalue weighted by atomic mass is 16.5. The molecule has 3 amide bonds. The third-order valence-electron chi connectivity index (χ3n) is 4.21. The highest BCUT2D eigenvalue weighted by Crippen LogP contribution is 2.15. The first-order valence-electron chi connectivity index (χ1n) is 8.20. The number of morpholine rings is 1. The summed E-state index contributed by atoms with van der Waals surface area (Å²) in [7, 11) is 1.66. The van der Waals surface area contributed by atoms with E-state index in [4.69, 9.17) is 10.5 Å². The van der Waals surface area contributed by atoms with Gasteiger partial charge in [-0.1, -0.05) is 0 Å². The van der Waals surface area contributed by atoms with Crippen LogP contribution in [0.15, 0.2) is 36.5 Å². The van der Waals surface area contributed by atoms with E-state index in [9.17, 15) is 14.4 Å². The number of nitrogens with two attached hydrogens (primary N) is 1. The number of benzene rings is 1. The molecule has 0 radical (unpaired) electrons. The summed E-state index contributed by atoms with van der Waals surface area (Å²) in [6.07, 6.45) is 1.50. The zero-order chi connectivity index (χ0) is 18.7. The molecular weight excluding hydrogens is 336 g/mol. The molecule has 2 aromatic rings. The smallest absolute Gasteiger partial charge is 0.272 e. The van der Waals surface area contributed by atoms with Crippen molar-refractivity contribution in [2.24, 2.45) is 12.8 Å². The van der Waals surface area contributed by atoms with Gasteiger partial charge >= 0.3 is 0 Å². The Hall–Kier alpha value is -3.13. The summed E-state index contributed by atoms with van der Waals surface area (Å²) in [5.74, 6) is -1.02. The number of carbonyl (C=O) groups excluding carboxylic acids is 3. The molecule has 0 unspecified atom stereocenters. The third kappa shape index (κ3) is 3.75. The van der Waals surface area contributed by atoms with Crippen molar-refractivity contribution >= 4 is 23.4 Å². The van der Waals surface area contributed by atoms with Crippen LogP contribution in [0.1, 0.15) is 31.2 Å². The van der Waals surface area contributed by atoms with Crippen LogP contribution in [-0.2, 0) is 11.8 Å². The molecular formula is C18H20N4O4. The molecule has 136 valence electrons. The van der Waals surface area contributed by atoms with Crippen molar-refractivity contribution in [1.82, 2.24) is 9.47 Å². The van der Waals surface area contributed by atoms with Gasteiger partial charge in [0.2, 0.25) is 5.91 Å². The number of primary amides is 1. The minimum absolute atomic E-state index is 0.0558. The number of amides is 3. The summed E-state index contributed by atoms with van der Waals surface area (Å²) in [5, 5.41) is 2.74. The number of ether oxygens (including phenoxy) is 1. The fraction of sp³-hybridized carbons (Fsp3) is 0.278. The maximum Gasteiger partial charge on any atom is 0.272 e. The molecule has 0 saturated carbocycles. The molecule has 1 aliphatic heterocycles. The van der Waals surface area contributed by atoms with Crippen LogP contribution < -0.4 is 11.1 Å². The Bertz CT molecular complexity index is 835. The highest BCUT2D eigenvalue weighted by molar-refractivity contribution is 6.05. The van der Waals surface area contributed by atoms with E-state index in [0.717, 1.165) is 0 Å². The standard InChI is InChI=1S/C18H20N4O4/c1-21-11-13(16(19)23)10-15(21)17(24)20-14-4-2-12(3-5-14)18(25)22-6-8-26-9-7-22/h2-5,10-11H,6-9H2,1H3,(H2,19,23)(H,20,24). The van der Waals surface area contributed by atoms with Gasteiger partial charge in [-0.25, -0.2) is 0 Å². The first kappa shape index (κ1) is 17.7. The summed E-state index contributed by atoms with van der Waals surface area (Å²) in [4.78, 5) is 37.7. The fourth-order valence-corrected chi connectivity index (χ4v) is 2.77. The summed E-state index contributed by atoms with van der Waals surface area (Å²) >= 11 is 0. The minimum Gasteiger partial charge on any atom is -0.378 e. The number of nitrogens with zero attached hydrogens (tertiary/aromatic N) is 2. The van der Waals surface area contributed by atoms with E-state index in [-0.39, 0.29) is 17.4 Å². The fourth-order valence-electron chi connectivity index (χ4n) is 2.77. The Morgan fingerprint density at radius 2 is 1.73 bits per heavy atom. The zero-order valence-electron chi connectivity index (χ0n) is 14.4. The second kappa shape index (κ2) is 7.40. The summed E-state index contributed by atoms with van der Waals surface area (Å²) in [6.45, 7) is 2.24. The van der Waals surface area contributed by atoms with Gasteiger partial charge in [0.15, 0.2) is 0 Å². The lowest BCUT2D eigenvalue weighted by molar-refractivity contribution is 0.0303. The van der Waals surface area contributed by atoms with Gasteiger partial charge in [-0.05, 0) is 30.3 Å². The molecule has 0 aliphatic carbocycles. The zero-order valence-corrected chi connectivity index (χ0v) is 14.4.